The van der Waals surface area contributed by atoms with E-state index in [1.807, 2.05) is 18.2 Å². The van der Waals surface area contributed by atoms with Crippen molar-refractivity contribution in [3.8, 4) is 0 Å². The van der Waals surface area contributed by atoms with Crippen LogP contribution in [0.25, 0.3) is 0 Å². The molecule has 0 heterocycles. The Bertz CT molecular complexity index is 369. The maximum absolute atomic E-state index is 10.6. The largest absolute Gasteiger partial charge is 0.325 e. The zero-order chi connectivity index (χ0) is 11.5. The SMILES string of the molecule is O=P(O)(O)CCCc1cc(Br)cc(Br)c1. The Hall–Kier alpha value is 0.330. The molecule has 0 saturated carbocycles. The molecule has 2 N–H and O–H groups in total. The van der Waals surface area contributed by atoms with Crippen molar-refractivity contribution in [2.24, 2.45) is 0 Å². The van der Waals surface area contributed by atoms with Gasteiger partial charge in [0.1, 0.15) is 0 Å². The predicted molar refractivity (Wildman–Crippen MR) is 67.1 cm³/mol. The number of benzene rings is 1. The third-order valence-electron chi connectivity index (χ3n) is 1.84. The zero-order valence-electron chi connectivity index (χ0n) is 7.86. The summed E-state index contributed by atoms with van der Waals surface area (Å²) in [7, 11) is -3.85. The van der Waals surface area contributed by atoms with Crippen molar-refractivity contribution in [2.45, 2.75) is 12.8 Å². The number of halogens is 2. The molecule has 1 rings (SSSR count). The van der Waals surface area contributed by atoms with Gasteiger partial charge in [0.25, 0.3) is 0 Å². The second-order valence-corrected chi connectivity index (χ2v) is 6.88. The second-order valence-electron chi connectivity index (χ2n) is 3.27. The topological polar surface area (TPSA) is 57.5 Å². The van der Waals surface area contributed by atoms with Gasteiger partial charge in [-0.25, -0.2) is 0 Å². The molecule has 0 aliphatic rings. The highest BCUT2D eigenvalue weighted by atomic mass is 79.9. The Kier molecular flexibility index (Phi) is 5.00. The predicted octanol–water partition coefficient (Wildman–Crippen LogP) is 3.32. The maximum Gasteiger partial charge on any atom is 0.325 e. The molecule has 84 valence electrons. The van der Waals surface area contributed by atoms with Crippen LogP contribution in [-0.4, -0.2) is 15.9 Å². The molecule has 6 heteroatoms. The van der Waals surface area contributed by atoms with E-state index in [1.54, 1.807) is 0 Å². The lowest BCUT2D eigenvalue weighted by molar-refractivity contribution is 0.371. The Balaban J connectivity index is 2.54. The highest BCUT2D eigenvalue weighted by molar-refractivity contribution is 9.11. The van der Waals surface area contributed by atoms with Gasteiger partial charge in [0.05, 0.1) is 6.16 Å². The Labute approximate surface area is 105 Å². The van der Waals surface area contributed by atoms with Crippen LogP contribution in [0.5, 0.6) is 0 Å². The van der Waals surface area contributed by atoms with Crippen LogP contribution in [0.2, 0.25) is 0 Å². The van der Waals surface area contributed by atoms with Gasteiger partial charge in [0, 0.05) is 8.95 Å². The minimum absolute atomic E-state index is 0.0584. The summed E-state index contributed by atoms with van der Waals surface area (Å²) in [6.45, 7) is 0. The number of rotatable bonds is 4. The van der Waals surface area contributed by atoms with E-state index in [4.69, 9.17) is 9.79 Å². The van der Waals surface area contributed by atoms with Crippen molar-refractivity contribution in [2.75, 3.05) is 6.16 Å². The van der Waals surface area contributed by atoms with E-state index >= 15 is 0 Å². The lowest BCUT2D eigenvalue weighted by atomic mass is 10.1. The van der Waals surface area contributed by atoms with Gasteiger partial charge in [-0.2, -0.15) is 0 Å². The second kappa shape index (κ2) is 5.60. The molecule has 0 saturated heterocycles. The van der Waals surface area contributed by atoms with Crippen LogP contribution in [0.3, 0.4) is 0 Å². The molecule has 0 atom stereocenters. The molecular formula is C9H11Br2O3P. The van der Waals surface area contributed by atoms with Gasteiger partial charge in [-0.05, 0) is 36.6 Å². The third-order valence-corrected chi connectivity index (χ3v) is 3.65. The lowest BCUT2D eigenvalue weighted by Gasteiger charge is -2.05. The van der Waals surface area contributed by atoms with Gasteiger partial charge >= 0.3 is 7.60 Å². The van der Waals surface area contributed by atoms with E-state index in [9.17, 15) is 4.57 Å². The van der Waals surface area contributed by atoms with Crippen molar-refractivity contribution in [3.63, 3.8) is 0 Å². The van der Waals surface area contributed by atoms with Crippen LogP contribution in [0.15, 0.2) is 27.1 Å². The quantitative estimate of drug-likeness (QED) is 0.812. The van der Waals surface area contributed by atoms with Crippen LogP contribution < -0.4 is 0 Å². The van der Waals surface area contributed by atoms with E-state index in [-0.39, 0.29) is 6.16 Å². The average molecular weight is 358 g/mol. The molecule has 0 aliphatic heterocycles. The van der Waals surface area contributed by atoms with Crippen molar-refractivity contribution in [3.05, 3.63) is 32.7 Å². The van der Waals surface area contributed by atoms with E-state index < -0.39 is 7.60 Å². The first-order valence-corrected chi connectivity index (χ1v) is 7.75. The summed E-state index contributed by atoms with van der Waals surface area (Å²) in [6, 6.07) is 5.82. The molecule has 0 radical (unpaired) electrons. The summed E-state index contributed by atoms with van der Waals surface area (Å²) < 4.78 is 12.6. The van der Waals surface area contributed by atoms with Gasteiger partial charge in [0.2, 0.25) is 0 Å². The fourth-order valence-electron chi connectivity index (χ4n) is 1.24. The molecule has 0 fully saturated rings. The van der Waals surface area contributed by atoms with E-state index in [1.165, 1.54) is 0 Å². The fraction of sp³-hybridized carbons (Fsp3) is 0.333. The highest BCUT2D eigenvalue weighted by Gasteiger charge is 2.11. The van der Waals surface area contributed by atoms with Gasteiger partial charge in [-0.1, -0.05) is 31.9 Å². The molecule has 0 amide bonds. The van der Waals surface area contributed by atoms with Crippen LogP contribution >= 0.6 is 39.5 Å². The minimum Gasteiger partial charge on any atom is -0.324 e. The molecule has 3 nitrogen and oxygen atoms in total. The van der Waals surface area contributed by atoms with Crippen LogP contribution in [0, 0.1) is 0 Å². The molecule has 0 unspecified atom stereocenters. The molecular weight excluding hydrogens is 347 g/mol. The number of hydrogen-bond acceptors (Lipinski definition) is 1. The van der Waals surface area contributed by atoms with E-state index in [0.717, 1.165) is 14.5 Å². The normalized spacial score (nSPS) is 11.7. The summed E-state index contributed by atoms with van der Waals surface area (Å²) in [6.07, 6.45) is 1.10. The number of hydrogen-bond donors (Lipinski definition) is 2. The first-order chi connectivity index (χ1) is 6.87. The third kappa shape index (κ3) is 5.83. The van der Waals surface area contributed by atoms with Crippen LogP contribution in [0.4, 0.5) is 0 Å². The summed E-state index contributed by atoms with van der Waals surface area (Å²) in [5.41, 5.74) is 1.06. The molecule has 0 aromatic heterocycles. The van der Waals surface area contributed by atoms with Gasteiger partial charge in [0.15, 0.2) is 0 Å². The van der Waals surface area contributed by atoms with Crippen LogP contribution in [-0.2, 0) is 11.0 Å². The van der Waals surface area contributed by atoms with E-state index in [0.29, 0.717) is 12.8 Å². The van der Waals surface area contributed by atoms with Crippen molar-refractivity contribution >= 4 is 39.5 Å². The molecule has 0 bridgehead atoms. The number of aryl methyl sites for hydroxylation is 1. The molecule has 0 spiro atoms. The Morgan fingerprint density at radius 3 is 2.13 bits per heavy atom. The van der Waals surface area contributed by atoms with E-state index in [2.05, 4.69) is 31.9 Å². The first kappa shape index (κ1) is 13.4. The molecule has 1 aromatic rings. The van der Waals surface area contributed by atoms with Gasteiger partial charge < -0.3 is 9.79 Å². The first-order valence-electron chi connectivity index (χ1n) is 4.36. The summed E-state index contributed by atoms with van der Waals surface area (Å²) in [5, 5.41) is 0. The minimum atomic E-state index is -3.85. The van der Waals surface area contributed by atoms with Crippen LogP contribution in [0.1, 0.15) is 12.0 Å². The zero-order valence-corrected chi connectivity index (χ0v) is 11.9. The maximum atomic E-state index is 10.6. The fourth-order valence-corrected chi connectivity index (χ4v) is 3.20. The van der Waals surface area contributed by atoms with Gasteiger partial charge in [-0.15, -0.1) is 0 Å². The summed E-state index contributed by atoms with van der Waals surface area (Å²) in [5.74, 6) is 0. The summed E-state index contributed by atoms with van der Waals surface area (Å²) >= 11 is 6.72. The molecule has 15 heavy (non-hydrogen) atoms. The summed E-state index contributed by atoms with van der Waals surface area (Å²) in [4.78, 5) is 17.4. The lowest BCUT2D eigenvalue weighted by Crippen LogP contribution is -1.92. The monoisotopic (exact) mass is 356 g/mol. The Morgan fingerprint density at radius 2 is 1.67 bits per heavy atom. The average Bonchev–Trinajstić information content (AvgIpc) is 1.99. The smallest absolute Gasteiger partial charge is 0.324 e. The van der Waals surface area contributed by atoms with Crippen molar-refractivity contribution < 1.29 is 14.4 Å². The van der Waals surface area contributed by atoms with Crippen molar-refractivity contribution in [1.29, 1.82) is 0 Å². The molecule has 1 aromatic carbocycles. The highest BCUT2D eigenvalue weighted by Crippen LogP contribution is 2.35. The Morgan fingerprint density at radius 1 is 1.13 bits per heavy atom. The van der Waals surface area contributed by atoms with Crippen molar-refractivity contribution in [1.82, 2.24) is 0 Å². The molecule has 0 aliphatic carbocycles. The van der Waals surface area contributed by atoms with Gasteiger partial charge in [-0.3, -0.25) is 4.57 Å². The standard InChI is InChI=1S/C9H11Br2O3P/c10-8-4-7(5-9(11)6-8)2-1-3-15(12,13)14/h4-6H,1-3H2,(H2,12,13,14).